The van der Waals surface area contributed by atoms with Crippen LogP contribution in [0.15, 0.2) is 40.7 Å². The Bertz CT molecular complexity index is 1010. The molecule has 180 valence electrons. The van der Waals surface area contributed by atoms with Gasteiger partial charge in [0.15, 0.2) is 0 Å². The minimum atomic E-state index is -3.59. The molecule has 8 nitrogen and oxygen atoms in total. The van der Waals surface area contributed by atoms with E-state index in [2.05, 4.69) is 14.6 Å². The van der Waals surface area contributed by atoms with Gasteiger partial charge in [-0.25, -0.2) is 18.1 Å². The van der Waals surface area contributed by atoms with E-state index in [0.29, 0.717) is 6.04 Å². The first-order valence-electron chi connectivity index (χ1n) is 11.5. The molecular formula is C23H32N4O4S2. The quantitative estimate of drug-likeness (QED) is 0.609. The number of amides is 1. The molecule has 0 spiro atoms. The first kappa shape index (κ1) is 24.1. The van der Waals surface area contributed by atoms with Gasteiger partial charge < -0.3 is 9.64 Å². The third-order valence-corrected chi connectivity index (χ3v) is 8.54. The predicted molar refractivity (Wildman–Crippen MR) is 128 cm³/mol. The lowest BCUT2D eigenvalue weighted by molar-refractivity contribution is -0.132. The van der Waals surface area contributed by atoms with Crippen molar-refractivity contribution in [1.29, 1.82) is 0 Å². The van der Waals surface area contributed by atoms with Crippen molar-refractivity contribution in [1.82, 2.24) is 19.5 Å². The average molecular weight is 493 g/mol. The zero-order chi connectivity index (χ0) is 23.3. The second-order valence-corrected chi connectivity index (χ2v) is 11.4. The Balaban J connectivity index is 1.16. The normalized spacial score (nSPS) is 19.0. The first-order chi connectivity index (χ1) is 15.9. The van der Waals surface area contributed by atoms with Gasteiger partial charge in [-0.3, -0.25) is 9.69 Å². The predicted octanol–water partition coefficient (Wildman–Crippen LogP) is 2.65. The Morgan fingerprint density at radius 2 is 1.94 bits per heavy atom. The Hall–Kier alpha value is -2.01. The summed E-state index contributed by atoms with van der Waals surface area (Å²) >= 11 is 1.53. The molecule has 0 saturated carbocycles. The topological polar surface area (TPSA) is 91.8 Å². The van der Waals surface area contributed by atoms with Crippen LogP contribution in [0.1, 0.15) is 37.7 Å². The Morgan fingerprint density at radius 3 is 2.61 bits per heavy atom. The summed E-state index contributed by atoms with van der Waals surface area (Å²) in [7, 11) is -3.59. The van der Waals surface area contributed by atoms with Gasteiger partial charge in [-0.05, 0) is 50.3 Å². The maximum absolute atomic E-state index is 12.6. The summed E-state index contributed by atoms with van der Waals surface area (Å²) in [6.45, 7) is 5.44. The number of thiazole rings is 1. The maximum Gasteiger partial charge on any atom is 0.273 e. The third-order valence-electron chi connectivity index (χ3n) is 6.42. The van der Waals surface area contributed by atoms with Crippen molar-refractivity contribution in [3.05, 3.63) is 41.4 Å². The molecule has 0 atom stereocenters. The zero-order valence-electron chi connectivity index (χ0n) is 19.0. The van der Waals surface area contributed by atoms with Crippen molar-refractivity contribution in [3.63, 3.8) is 0 Å². The number of carbonyl (C=O) groups is 1. The SMILES string of the molecule is Cc1cccc(S(=O)(=O)NCCC(=O)N2CCC(N3CCC(Oc4nccs4)CC3)CC2)c1. The monoisotopic (exact) mass is 492 g/mol. The van der Waals surface area contributed by atoms with Gasteiger partial charge in [0.1, 0.15) is 6.10 Å². The van der Waals surface area contributed by atoms with Gasteiger partial charge in [0.2, 0.25) is 15.9 Å². The molecule has 1 N–H and O–H groups in total. The van der Waals surface area contributed by atoms with Crippen LogP contribution in [-0.2, 0) is 14.8 Å². The van der Waals surface area contributed by atoms with E-state index in [0.717, 1.165) is 62.6 Å². The number of nitrogens with zero attached hydrogens (tertiary/aromatic N) is 3. The molecule has 0 radical (unpaired) electrons. The van der Waals surface area contributed by atoms with E-state index in [1.54, 1.807) is 24.4 Å². The van der Waals surface area contributed by atoms with Crippen LogP contribution >= 0.6 is 11.3 Å². The number of benzene rings is 1. The minimum absolute atomic E-state index is 0.0101. The Morgan fingerprint density at radius 1 is 1.18 bits per heavy atom. The molecule has 0 aliphatic carbocycles. The number of sulfonamides is 1. The molecule has 2 fully saturated rings. The number of carbonyl (C=O) groups excluding carboxylic acids is 1. The molecule has 2 aromatic rings. The Kier molecular flexibility index (Phi) is 8.00. The summed E-state index contributed by atoms with van der Waals surface area (Å²) in [6, 6.07) is 7.26. The molecule has 33 heavy (non-hydrogen) atoms. The standard InChI is InChI=1S/C23H32N4O4S2/c1-18-3-2-4-21(17-18)33(29,30)25-10-5-22(28)27-12-6-19(7-13-27)26-14-8-20(9-15-26)31-23-24-11-16-32-23/h2-4,11,16-17,19-20,25H,5-10,12-15H2,1H3. The average Bonchev–Trinajstić information content (AvgIpc) is 3.33. The van der Waals surface area contributed by atoms with Crippen molar-refractivity contribution >= 4 is 27.3 Å². The van der Waals surface area contributed by atoms with E-state index >= 15 is 0 Å². The fraction of sp³-hybridized carbons (Fsp3) is 0.565. The van der Waals surface area contributed by atoms with Gasteiger partial charge in [0.25, 0.3) is 5.19 Å². The third kappa shape index (κ3) is 6.53. The van der Waals surface area contributed by atoms with Gasteiger partial charge in [-0.15, -0.1) is 0 Å². The molecule has 3 heterocycles. The highest BCUT2D eigenvalue weighted by Crippen LogP contribution is 2.25. The van der Waals surface area contributed by atoms with Crippen LogP contribution in [0.4, 0.5) is 0 Å². The molecule has 2 saturated heterocycles. The Labute approximate surface area is 200 Å². The van der Waals surface area contributed by atoms with Crippen LogP contribution in [0.2, 0.25) is 0 Å². The van der Waals surface area contributed by atoms with Crippen LogP contribution in [0.25, 0.3) is 0 Å². The van der Waals surface area contributed by atoms with Crippen LogP contribution in [0, 0.1) is 6.92 Å². The lowest BCUT2D eigenvalue weighted by Crippen LogP contribution is -2.50. The number of aromatic nitrogens is 1. The number of ether oxygens (including phenoxy) is 1. The van der Waals surface area contributed by atoms with Crippen LogP contribution in [-0.4, -0.2) is 74.0 Å². The van der Waals surface area contributed by atoms with E-state index in [1.165, 1.54) is 11.3 Å². The summed E-state index contributed by atoms with van der Waals surface area (Å²) in [5.74, 6) is 0.0101. The summed E-state index contributed by atoms with van der Waals surface area (Å²) in [4.78, 5) is 21.4. The summed E-state index contributed by atoms with van der Waals surface area (Å²) in [6.07, 6.45) is 6.09. The van der Waals surface area contributed by atoms with Crippen LogP contribution in [0.5, 0.6) is 5.19 Å². The van der Waals surface area contributed by atoms with Crippen molar-refractivity contribution in [2.45, 2.75) is 56.1 Å². The summed E-state index contributed by atoms with van der Waals surface area (Å²) < 4.78 is 33.3. The fourth-order valence-corrected chi connectivity index (χ4v) is 6.25. The number of aryl methyl sites for hydroxylation is 1. The van der Waals surface area contributed by atoms with Crippen molar-refractivity contribution in [2.24, 2.45) is 0 Å². The lowest BCUT2D eigenvalue weighted by atomic mass is 9.98. The molecule has 2 aliphatic heterocycles. The number of hydrogen-bond donors (Lipinski definition) is 1. The van der Waals surface area contributed by atoms with Crippen molar-refractivity contribution in [2.75, 3.05) is 32.7 Å². The number of likely N-dealkylation sites (tertiary alicyclic amines) is 2. The van der Waals surface area contributed by atoms with Gasteiger partial charge in [-0.2, -0.15) is 0 Å². The molecule has 0 unspecified atom stereocenters. The van der Waals surface area contributed by atoms with Gasteiger partial charge in [-0.1, -0.05) is 23.5 Å². The van der Waals surface area contributed by atoms with Gasteiger partial charge >= 0.3 is 0 Å². The molecular weight excluding hydrogens is 460 g/mol. The molecule has 10 heteroatoms. The highest BCUT2D eigenvalue weighted by molar-refractivity contribution is 7.89. The number of piperidine rings is 2. The van der Waals surface area contributed by atoms with E-state index in [4.69, 9.17) is 4.74 Å². The molecule has 1 amide bonds. The second-order valence-electron chi connectivity index (χ2n) is 8.73. The van der Waals surface area contributed by atoms with Crippen molar-refractivity contribution in [3.8, 4) is 5.19 Å². The molecule has 2 aliphatic rings. The van der Waals surface area contributed by atoms with Gasteiger partial charge in [0, 0.05) is 56.8 Å². The summed E-state index contributed by atoms with van der Waals surface area (Å²) in [5, 5.41) is 2.68. The molecule has 1 aromatic carbocycles. The molecule has 1 aromatic heterocycles. The van der Waals surface area contributed by atoms with Crippen molar-refractivity contribution < 1.29 is 17.9 Å². The largest absolute Gasteiger partial charge is 0.467 e. The van der Waals surface area contributed by atoms with Gasteiger partial charge in [0.05, 0.1) is 4.90 Å². The zero-order valence-corrected chi connectivity index (χ0v) is 20.6. The number of rotatable bonds is 8. The summed E-state index contributed by atoms with van der Waals surface area (Å²) in [5.41, 5.74) is 0.882. The molecule has 0 bridgehead atoms. The fourth-order valence-electron chi connectivity index (χ4n) is 4.57. The minimum Gasteiger partial charge on any atom is -0.467 e. The smallest absolute Gasteiger partial charge is 0.273 e. The van der Waals surface area contributed by atoms with E-state index in [1.807, 2.05) is 23.3 Å². The maximum atomic E-state index is 12.6. The van der Waals surface area contributed by atoms with Crippen LogP contribution < -0.4 is 9.46 Å². The van der Waals surface area contributed by atoms with E-state index in [9.17, 15) is 13.2 Å². The number of nitrogens with one attached hydrogen (secondary N) is 1. The van der Waals surface area contributed by atoms with E-state index < -0.39 is 10.0 Å². The first-order valence-corrected chi connectivity index (χ1v) is 13.9. The number of hydrogen-bond acceptors (Lipinski definition) is 7. The lowest BCUT2D eigenvalue weighted by Gasteiger charge is -2.41. The molecule has 4 rings (SSSR count). The second kappa shape index (κ2) is 10.9. The van der Waals surface area contributed by atoms with E-state index in [-0.39, 0.29) is 29.9 Å². The van der Waals surface area contributed by atoms with Crippen LogP contribution in [0.3, 0.4) is 0 Å². The highest BCUT2D eigenvalue weighted by Gasteiger charge is 2.30. The highest BCUT2D eigenvalue weighted by atomic mass is 32.2.